The van der Waals surface area contributed by atoms with E-state index in [1.807, 2.05) is 20.0 Å². The van der Waals surface area contributed by atoms with Gasteiger partial charge in [-0.1, -0.05) is 6.92 Å². The monoisotopic (exact) mass is 273 g/mol. The van der Waals surface area contributed by atoms with Crippen LogP contribution in [0.25, 0.3) is 0 Å². The third kappa shape index (κ3) is 4.09. The zero-order valence-corrected chi connectivity index (χ0v) is 11.4. The van der Waals surface area contributed by atoms with E-state index in [-0.39, 0.29) is 10.1 Å². The van der Waals surface area contributed by atoms with E-state index < -0.39 is 10.0 Å². The second-order valence-electron chi connectivity index (χ2n) is 3.75. The summed E-state index contributed by atoms with van der Waals surface area (Å²) in [4.78, 5) is 0.397. The van der Waals surface area contributed by atoms with Gasteiger partial charge in [0.05, 0.1) is 0 Å². The first kappa shape index (κ1) is 14.1. The SMILES string of the molecule is CNCC(C)CNS(=O)(=O)c1ccc(C#N)s1. The number of rotatable bonds is 6. The normalized spacial score (nSPS) is 13.2. The fraction of sp³-hybridized carbons (Fsp3) is 0.500. The van der Waals surface area contributed by atoms with E-state index >= 15 is 0 Å². The quantitative estimate of drug-likeness (QED) is 0.801. The van der Waals surface area contributed by atoms with Crippen LogP contribution in [0, 0.1) is 17.2 Å². The van der Waals surface area contributed by atoms with E-state index in [1.165, 1.54) is 12.1 Å². The molecule has 7 heteroatoms. The molecule has 94 valence electrons. The molecule has 1 rings (SSSR count). The van der Waals surface area contributed by atoms with E-state index in [4.69, 9.17) is 5.26 Å². The molecular weight excluding hydrogens is 258 g/mol. The first-order valence-corrected chi connectivity index (χ1v) is 7.43. The van der Waals surface area contributed by atoms with Crippen LogP contribution < -0.4 is 10.0 Å². The molecule has 0 aromatic carbocycles. The van der Waals surface area contributed by atoms with E-state index in [9.17, 15) is 8.42 Å². The van der Waals surface area contributed by atoms with Crippen LogP contribution in [0.5, 0.6) is 0 Å². The molecule has 0 amide bonds. The van der Waals surface area contributed by atoms with Gasteiger partial charge in [0.25, 0.3) is 0 Å². The highest BCUT2D eigenvalue weighted by Gasteiger charge is 2.17. The Bertz CT molecular complexity index is 502. The van der Waals surface area contributed by atoms with Crippen molar-refractivity contribution in [2.75, 3.05) is 20.1 Å². The maximum absolute atomic E-state index is 11.8. The Hall–Kier alpha value is -0.940. The topological polar surface area (TPSA) is 82.0 Å². The van der Waals surface area contributed by atoms with Crippen LogP contribution in [0.4, 0.5) is 0 Å². The standard InChI is InChI=1S/C10H15N3O2S2/c1-8(6-12-2)7-13-17(14,15)10-4-3-9(5-11)16-10/h3-4,8,12-13H,6-7H2,1-2H3. The van der Waals surface area contributed by atoms with Gasteiger partial charge in [-0.25, -0.2) is 13.1 Å². The predicted molar refractivity (Wildman–Crippen MR) is 67.3 cm³/mol. The van der Waals surface area contributed by atoms with Crippen LogP contribution in [-0.2, 0) is 10.0 Å². The largest absolute Gasteiger partial charge is 0.319 e. The highest BCUT2D eigenvalue weighted by molar-refractivity contribution is 7.91. The van der Waals surface area contributed by atoms with Crippen molar-refractivity contribution < 1.29 is 8.42 Å². The van der Waals surface area contributed by atoms with Gasteiger partial charge < -0.3 is 5.32 Å². The molecular formula is C10H15N3O2S2. The Morgan fingerprint density at radius 2 is 2.18 bits per heavy atom. The molecule has 2 N–H and O–H groups in total. The average Bonchev–Trinajstić information content (AvgIpc) is 2.76. The van der Waals surface area contributed by atoms with Crippen LogP contribution >= 0.6 is 11.3 Å². The van der Waals surface area contributed by atoms with Crippen molar-refractivity contribution in [2.24, 2.45) is 5.92 Å². The van der Waals surface area contributed by atoms with Gasteiger partial charge in [0, 0.05) is 6.54 Å². The summed E-state index contributed by atoms with van der Waals surface area (Å²) < 4.78 is 26.4. The molecule has 1 atom stereocenters. The maximum atomic E-state index is 11.8. The second-order valence-corrected chi connectivity index (χ2v) is 6.82. The molecule has 0 bridgehead atoms. The van der Waals surface area contributed by atoms with Gasteiger partial charge in [-0.05, 0) is 31.6 Å². The lowest BCUT2D eigenvalue weighted by molar-refractivity contribution is 0.519. The molecule has 1 aromatic rings. The maximum Gasteiger partial charge on any atom is 0.250 e. The summed E-state index contributed by atoms with van der Waals surface area (Å²) in [5.41, 5.74) is 0. The van der Waals surface area contributed by atoms with E-state index in [1.54, 1.807) is 0 Å². The summed E-state index contributed by atoms with van der Waals surface area (Å²) in [6.45, 7) is 3.08. The molecule has 0 saturated heterocycles. The summed E-state index contributed by atoms with van der Waals surface area (Å²) >= 11 is 0.978. The van der Waals surface area contributed by atoms with Crippen molar-refractivity contribution >= 4 is 21.4 Å². The van der Waals surface area contributed by atoms with E-state index in [0.29, 0.717) is 11.4 Å². The van der Waals surface area contributed by atoms with Gasteiger partial charge >= 0.3 is 0 Å². The highest BCUT2D eigenvalue weighted by Crippen LogP contribution is 2.20. The molecule has 5 nitrogen and oxygen atoms in total. The van der Waals surface area contributed by atoms with Crippen molar-refractivity contribution in [3.8, 4) is 6.07 Å². The molecule has 0 saturated carbocycles. The molecule has 0 fully saturated rings. The smallest absolute Gasteiger partial charge is 0.250 e. The summed E-state index contributed by atoms with van der Waals surface area (Å²) in [5, 5.41) is 11.6. The number of thiophene rings is 1. The van der Waals surface area contributed by atoms with Crippen molar-refractivity contribution in [2.45, 2.75) is 11.1 Å². The Labute approximate surface area is 106 Å². The lowest BCUT2D eigenvalue weighted by atomic mass is 10.2. The number of nitrogens with zero attached hydrogens (tertiary/aromatic N) is 1. The number of nitriles is 1. The van der Waals surface area contributed by atoms with Crippen molar-refractivity contribution in [1.29, 1.82) is 5.26 Å². The Morgan fingerprint density at radius 3 is 2.71 bits per heavy atom. The predicted octanol–water partition coefficient (Wildman–Crippen LogP) is 0.754. The summed E-state index contributed by atoms with van der Waals surface area (Å²) in [5.74, 6) is 0.213. The molecule has 0 aliphatic carbocycles. The molecule has 1 heterocycles. The number of nitrogens with one attached hydrogen (secondary N) is 2. The molecule has 0 radical (unpaired) electrons. The third-order valence-corrected chi connectivity index (χ3v) is 5.04. The van der Waals surface area contributed by atoms with E-state index in [2.05, 4.69) is 10.0 Å². The van der Waals surface area contributed by atoms with Crippen LogP contribution in [-0.4, -0.2) is 28.6 Å². The van der Waals surface area contributed by atoms with Crippen LogP contribution in [0.3, 0.4) is 0 Å². The second kappa shape index (κ2) is 6.12. The minimum Gasteiger partial charge on any atom is -0.319 e. The fourth-order valence-corrected chi connectivity index (χ4v) is 3.58. The lowest BCUT2D eigenvalue weighted by Gasteiger charge is -2.11. The average molecular weight is 273 g/mol. The summed E-state index contributed by atoms with van der Waals surface area (Å²) in [7, 11) is -1.65. The zero-order valence-electron chi connectivity index (χ0n) is 9.73. The Kier molecular flexibility index (Phi) is 5.08. The fourth-order valence-electron chi connectivity index (χ4n) is 1.27. The molecule has 17 heavy (non-hydrogen) atoms. The number of hydrogen-bond acceptors (Lipinski definition) is 5. The van der Waals surface area contributed by atoms with Gasteiger partial charge in [0.15, 0.2) is 0 Å². The Balaban J connectivity index is 2.66. The zero-order chi connectivity index (χ0) is 12.9. The number of hydrogen-bond donors (Lipinski definition) is 2. The molecule has 0 spiro atoms. The van der Waals surface area contributed by atoms with Gasteiger partial charge in [0.2, 0.25) is 10.0 Å². The minimum absolute atomic E-state index is 0.186. The van der Waals surface area contributed by atoms with Crippen LogP contribution in [0.1, 0.15) is 11.8 Å². The molecule has 1 aromatic heterocycles. The minimum atomic E-state index is -3.47. The first-order chi connectivity index (χ1) is 7.99. The Morgan fingerprint density at radius 1 is 1.47 bits per heavy atom. The van der Waals surface area contributed by atoms with Crippen molar-refractivity contribution in [1.82, 2.24) is 10.0 Å². The summed E-state index contributed by atoms with van der Waals surface area (Å²) in [6.07, 6.45) is 0. The van der Waals surface area contributed by atoms with Crippen LogP contribution in [0.2, 0.25) is 0 Å². The van der Waals surface area contributed by atoms with Gasteiger partial charge in [-0.2, -0.15) is 5.26 Å². The first-order valence-electron chi connectivity index (χ1n) is 5.14. The molecule has 0 aliphatic rings. The van der Waals surface area contributed by atoms with Gasteiger partial charge in [-0.15, -0.1) is 11.3 Å². The third-order valence-electron chi connectivity index (χ3n) is 2.13. The van der Waals surface area contributed by atoms with Crippen molar-refractivity contribution in [3.05, 3.63) is 17.0 Å². The van der Waals surface area contributed by atoms with Crippen molar-refractivity contribution in [3.63, 3.8) is 0 Å². The van der Waals surface area contributed by atoms with E-state index in [0.717, 1.165) is 17.9 Å². The highest BCUT2D eigenvalue weighted by atomic mass is 32.2. The van der Waals surface area contributed by atoms with Gasteiger partial charge in [-0.3, -0.25) is 0 Å². The number of sulfonamides is 1. The summed E-state index contributed by atoms with van der Waals surface area (Å²) in [6, 6.07) is 4.88. The molecule has 1 unspecified atom stereocenters. The van der Waals surface area contributed by atoms with Gasteiger partial charge in [0.1, 0.15) is 15.2 Å². The lowest BCUT2D eigenvalue weighted by Crippen LogP contribution is -2.31. The van der Waals surface area contributed by atoms with Crippen LogP contribution in [0.15, 0.2) is 16.3 Å². The molecule has 0 aliphatic heterocycles.